The van der Waals surface area contributed by atoms with Gasteiger partial charge in [0, 0.05) is 6.04 Å². The van der Waals surface area contributed by atoms with Gasteiger partial charge >= 0.3 is 0 Å². The first kappa shape index (κ1) is 9.01. The first-order chi connectivity index (χ1) is 5.33. The molecule has 66 valence electrons. The lowest BCUT2D eigenvalue weighted by molar-refractivity contribution is 0.154. The molecule has 0 amide bonds. The van der Waals surface area contributed by atoms with E-state index < -0.39 is 0 Å². The number of rotatable bonds is 4. The summed E-state index contributed by atoms with van der Waals surface area (Å²) >= 11 is 0. The highest BCUT2D eigenvalue weighted by Gasteiger charge is 2.14. The molecule has 0 aliphatic carbocycles. The molecular weight excluding hydrogens is 138 g/mol. The van der Waals surface area contributed by atoms with Gasteiger partial charge in [0.05, 0.1) is 6.10 Å². The Hall–Kier alpha value is -0.0800. The van der Waals surface area contributed by atoms with Crippen LogP contribution in [0.2, 0.25) is 0 Å². The number of aliphatic hydroxyl groups excluding tert-OH is 1. The zero-order chi connectivity index (χ0) is 8.10. The van der Waals surface area contributed by atoms with E-state index in [4.69, 9.17) is 0 Å². The number of nitrogens with one attached hydrogen (secondary N) is 1. The summed E-state index contributed by atoms with van der Waals surface area (Å²) in [5, 5.41) is 12.7. The molecular formula is C9H19NO. The Bertz CT molecular complexity index is 99.7. The van der Waals surface area contributed by atoms with Crippen molar-refractivity contribution in [3.05, 3.63) is 0 Å². The van der Waals surface area contributed by atoms with Crippen LogP contribution in [0.3, 0.4) is 0 Å². The third-order valence-corrected chi connectivity index (χ3v) is 2.48. The van der Waals surface area contributed by atoms with Crippen LogP contribution in [0, 0.1) is 0 Å². The molecule has 2 atom stereocenters. The molecule has 1 heterocycles. The first-order valence-electron chi connectivity index (χ1n) is 4.74. The molecule has 2 unspecified atom stereocenters. The maximum Gasteiger partial charge on any atom is 0.0538 e. The van der Waals surface area contributed by atoms with E-state index in [1.54, 1.807) is 0 Å². The molecule has 0 bridgehead atoms. The average molecular weight is 157 g/mol. The lowest BCUT2D eigenvalue weighted by Gasteiger charge is -2.12. The lowest BCUT2D eigenvalue weighted by Crippen LogP contribution is -2.22. The van der Waals surface area contributed by atoms with Gasteiger partial charge in [0.15, 0.2) is 0 Å². The Labute approximate surface area is 69.0 Å². The van der Waals surface area contributed by atoms with Crippen molar-refractivity contribution in [1.29, 1.82) is 0 Å². The Morgan fingerprint density at radius 1 is 1.64 bits per heavy atom. The summed E-state index contributed by atoms with van der Waals surface area (Å²) in [4.78, 5) is 0. The smallest absolute Gasteiger partial charge is 0.0538 e. The Morgan fingerprint density at radius 2 is 2.45 bits per heavy atom. The fourth-order valence-electron chi connectivity index (χ4n) is 1.60. The molecule has 0 saturated carbocycles. The van der Waals surface area contributed by atoms with Crippen molar-refractivity contribution in [1.82, 2.24) is 5.32 Å². The maximum absolute atomic E-state index is 9.29. The van der Waals surface area contributed by atoms with Crippen molar-refractivity contribution in [2.75, 3.05) is 6.54 Å². The predicted molar refractivity (Wildman–Crippen MR) is 46.6 cm³/mol. The maximum atomic E-state index is 9.29. The summed E-state index contributed by atoms with van der Waals surface area (Å²) in [6, 6.07) is 0.691. The minimum absolute atomic E-state index is 0.0719. The van der Waals surface area contributed by atoms with Crippen LogP contribution in [0.5, 0.6) is 0 Å². The predicted octanol–water partition coefficient (Wildman–Crippen LogP) is 1.29. The highest BCUT2D eigenvalue weighted by Crippen LogP contribution is 2.12. The van der Waals surface area contributed by atoms with Crippen molar-refractivity contribution in [2.24, 2.45) is 0 Å². The molecule has 0 aromatic rings. The van der Waals surface area contributed by atoms with Gasteiger partial charge in [-0.25, -0.2) is 0 Å². The van der Waals surface area contributed by atoms with E-state index >= 15 is 0 Å². The molecule has 1 rings (SSSR count). The molecule has 0 aromatic heterocycles. The molecule has 2 N–H and O–H groups in total. The van der Waals surface area contributed by atoms with Gasteiger partial charge in [-0.15, -0.1) is 0 Å². The van der Waals surface area contributed by atoms with Crippen LogP contribution in [0.1, 0.15) is 39.0 Å². The molecule has 1 aliphatic heterocycles. The van der Waals surface area contributed by atoms with E-state index in [9.17, 15) is 5.11 Å². The van der Waals surface area contributed by atoms with Gasteiger partial charge in [-0.3, -0.25) is 0 Å². The SMILES string of the molecule is CCC(O)CCC1CCCN1. The minimum atomic E-state index is -0.0719. The summed E-state index contributed by atoms with van der Waals surface area (Å²) < 4.78 is 0. The molecule has 1 saturated heterocycles. The van der Waals surface area contributed by atoms with Gasteiger partial charge in [0.1, 0.15) is 0 Å². The van der Waals surface area contributed by atoms with E-state index in [2.05, 4.69) is 5.32 Å². The number of aliphatic hydroxyl groups is 1. The van der Waals surface area contributed by atoms with Crippen LogP contribution in [-0.2, 0) is 0 Å². The quantitative estimate of drug-likeness (QED) is 0.644. The average Bonchev–Trinajstić information content (AvgIpc) is 2.52. The van der Waals surface area contributed by atoms with Gasteiger partial charge in [-0.2, -0.15) is 0 Å². The van der Waals surface area contributed by atoms with Gasteiger partial charge in [-0.05, 0) is 38.6 Å². The Balaban J connectivity index is 2.01. The summed E-state index contributed by atoms with van der Waals surface area (Å²) in [5.41, 5.74) is 0. The van der Waals surface area contributed by atoms with Crippen molar-refractivity contribution in [3.8, 4) is 0 Å². The molecule has 11 heavy (non-hydrogen) atoms. The standard InChI is InChI=1S/C9H19NO/c1-2-9(11)6-5-8-4-3-7-10-8/h8-11H,2-7H2,1H3. The van der Waals surface area contributed by atoms with Gasteiger partial charge in [-0.1, -0.05) is 6.92 Å². The van der Waals surface area contributed by atoms with Crippen molar-refractivity contribution in [3.63, 3.8) is 0 Å². The fraction of sp³-hybridized carbons (Fsp3) is 1.00. The summed E-state index contributed by atoms with van der Waals surface area (Å²) in [7, 11) is 0. The number of hydrogen-bond acceptors (Lipinski definition) is 2. The third-order valence-electron chi connectivity index (χ3n) is 2.48. The van der Waals surface area contributed by atoms with Crippen molar-refractivity contribution < 1.29 is 5.11 Å². The molecule has 1 fully saturated rings. The van der Waals surface area contributed by atoms with Gasteiger partial charge in [0.25, 0.3) is 0 Å². The van der Waals surface area contributed by atoms with Crippen molar-refractivity contribution >= 4 is 0 Å². The number of hydrogen-bond donors (Lipinski definition) is 2. The van der Waals surface area contributed by atoms with Crippen LogP contribution >= 0.6 is 0 Å². The van der Waals surface area contributed by atoms with E-state index in [1.165, 1.54) is 19.4 Å². The fourth-order valence-corrected chi connectivity index (χ4v) is 1.60. The van der Waals surface area contributed by atoms with Gasteiger partial charge < -0.3 is 10.4 Å². The normalized spacial score (nSPS) is 27.3. The van der Waals surface area contributed by atoms with Crippen LogP contribution < -0.4 is 5.32 Å². The zero-order valence-electron chi connectivity index (χ0n) is 7.34. The third kappa shape index (κ3) is 3.21. The van der Waals surface area contributed by atoms with Crippen LogP contribution in [-0.4, -0.2) is 23.8 Å². The Morgan fingerprint density at radius 3 is 3.00 bits per heavy atom. The molecule has 2 heteroatoms. The van der Waals surface area contributed by atoms with E-state index in [0.717, 1.165) is 19.3 Å². The molecule has 0 aromatic carbocycles. The Kier molecular flexibility index (Phi) is 3.87. The molecule has 2 nitrogen and oxygen atoms in total. The first-order valence-corrected chi connectivity index (χ1v) is 4.74. The largest absolute Gasteiger partial charge is 0.393 e. The van der Waals surface area contributed by atoms with Crippen LogP contribution in [0.15, 0.2) is 0 Å². The van der Waals surface area contributed by atoms with Crippen LogP contribution in [0.25, 0.3) is 0 Å². The second kappa shape index (κ2) is 4.73. The highest BCUT2D eigenvalue weighted by atomic mass is 16.3. The van der Waals surface area contributed by atoms with Crippen LogP contribution in [0.4, 0.5) is 0 Å². The zero-order valence-corrected chi connectivity index (χ0v) is 7.34. The molecule has 0 spiro atoms. The summed E-state index contributed by atoms with van der Waals surface area (Å²) in [6.07, 6.45) is 5.55. The second-order valence-electron chi connectivity index (χ2n) is 3.43. The summed E-state index contributed by atoms with van der Waals surface area (Å²) in [6.45, 7) is 3.21. The minimum Gasteiger partial charge on any atom is -0.393 e. The van der Waals surface area contributed by atoms with Gasteiger partial charge in [0.2, 0.25) is 0 Å². The second-order valence-corrected chi connectivity index (χ2v) is 3.43. The van der Waals surface area contributed by atoms with E-state index in [0.29, 0.717) is 6.04 Å². The highest BCUT2D eigenvalue weighted by molar-refractivity contribution is 4.74. The summed E-state index contributed by atoms with van der Waals surface area (Å²) in [5.74, 6) is 0. The topological polar surface area (TPSA) is 32.3 Å². The molecule has 0 radical (unpaired) electrons. The van der Waals surface area contributed by atoms with E-state index in [1.807, 2.05) is 6.92 Å². The van der Waals surface area contributed by atoms with E-state index in [-0.39, 0.29) is 6.10 Å². The molecule has 1 aliphatic rings. The van der Waals surface area contributed by atoms with Crippen molar-refractivity contribution in [2.45, 2.75) is 51.2 Å². The monoisotopic (exact) mass is 157 g/mol. The lowest BCUT2D eigenvalue weighted by atomic mass is 10.1.